The summed E-state index contributed by atoms with van der Waals surface area (Å²) < 4.78 is 25.3. The zero-order chi connectivity index (χ0) is 31.7. The maximum atomic E-state index is 13.9. The SMILES string of the molecule is CC1=C2C(=O)OCCOC(=O)C3=C(C)OC(c4ccccc4)(c4ccccc4)C3CCC2C(c2ccccc2)(c2ccccc2)O1. The summed E-state index contributed by atoms with van der Waals surface area (Å²) in [7, 11) is 0. The lowest BCUT2D eigenvalue weighted by Gasteiger charge is -2.40. The summed E-state index contributed by atoms with van der Waals surface area (Å²) in [5, 5.41) is 0. The number of benzene rings is 4. The van der Waals surface area contributed by atoms with Crippen LogP contribution in [-0.2, 0) is 39.7 Å². The Kier molecular flexibility index (Phi) is 7.73. The van der Waals surface area contributed by atoms with Crippen molar-refractivity contribution in [2.24, 2.45) is 11.8 Å². The van der Waals surface area contributed by atoms with Gasteiger partial charge in [-0.1, -0.05) is 121 Å². The molecule has 0 amide bonds. The van der Waals surface area contributed by atoms with Crippen LogP contribution in [0.5, 0.6) is 0 Å². The molecule has 1 saturated heterocycles. The quantitative estimate of drug-likeness (QED) is 0.221. The van der Waals surface area contributed by atoms with Crippen molar-refractivity contribution in [1.82, 2.24) is 0 Å². The molecule has 0 spiro atoms. The molecule has 2 atom stereocenters. The Bertz CT molecular complexity index is 1580. The second kappa shape index (κ2) is 12.0. The molecule has 4 aromatic rings. The van der Waals surface area contributed by atoms with Crippen LogP contribution in [0.2, 0.25) is 0 Å². The molecule has 232 valence electrons. The van der Waals surface area contributed by atoms with Gasteiger partial charge in [-0.3, -0.25) is 0 Å². The van der Waals surface area contributed by atoms with Crippen molar-refractivity contribution in [2.75, 3.05) is 13.2 Å². The number of fused-ring (bicyclic) bond motifs is 2. The largest absolute Gasteiger partial charge is 0.481 e. The van der Waals surface area contributed by atoms with Gasteiger partial charge in [0.15, 0.2) is 11.2 Å². The fourth-order valence-corrected chi connectivity index (χ4v) is 7.77. The predicted molar refractivity (Wildman–Crippen MR) is 173 cm³/mol. The molecule has 6 nitrogen and oxygen atoms in total. The zero-order valence-corrected chi connectivity index (χ0v) is 26.0. The number of ether oxygens (including phenoxy) is 4. The van der Waals surface area contributed by atoms with Crippen molar-refractivity contribution in [3.63, 3.8) is 0 Å². The minimum atomic E-state index is -0.994. The van der Waals surface area contributed by atoms with Crippen LogP contribution in [-0.4, -0.2) is 25.2 Å². The van der Waals surface area contributed by atoms with Crippen LogP contribution in [0.15, 0.2) is 144 Å². The van der Waals surface area contributed by atoms with E-state index in [9.17, 15) is 9.59 Å². The van der Waals surface area contributed by atoms with E-state index in [1.54, 1.807) is 0 Å². The smallest absolute Gasteiger partial charge is 0.338 e. The Labute approximate surface area is 269 Å². The van der Waals surface area contributed by atoms with Crippen LogP contribution in [0.3, 0.4) is 0 Å². The fourth-order valence-electron chi connectivity index (χ4n) is 7.77. The highest BCUT2D eigenvalue weighted by molar-refractivity contribution is 5.92. The summed E-state index contributed by atoms with van der Waals surface area (Å²) in [4.78, 5) is 27.7. The second-order valence-corrected chi connectivity index (χ2v) is 12.0. The Balaban J connectivity index is 1.43. The number of carbonyl (C=O) groups is 2. The van der Waals surface area contributed by atoms with E-state index in [2.05, 4.69) is 48.5 Å². The Morgan fingerprint density at radius 1 is 0.478 bits per heavy atom. The number of carbonyl (C=O) groups excluding carboxylic acids is 2. The van der Waals surface area contributed by atoms with Gasteiger partial charge in [-0.25, -0.2) is 9.59 Å². The van der Waals surface area contributed by atoms with Crippen molar-refractivity contribution in [3.05, 3.63) is 166 Å². The summed E-state index contributed by atoms with van der Waals surface area (Å²) in [6.45, 7) is 3.54. The topological polar surface area (TPSA) is 71.1 Å². The van der Waals surface area contributed by atoms with Crippen molar-refractivity contribution in [2.45, 2.75) is 37.9 Å². The van der Waals surface area contributed by atoms with Gasteiger partial charge in [-0.15, -0.1) is 0 Å². The highest BCUT2D eigenvalue weighted by Gasteiger charge is 2.57. The van der Waals surface area contributed by atoms with Crippen molar-refractivity contribution < 1.29 is 28.5 Å². The first-order chi connectivity index (χ1) is 22.5. The first-order valence-corrected chi connectivity index (χ1v) is 15.8. The molecule has 0 N–H and O–H groups in total. The Hall–Kier alpha value is -5.10. The van der Waals surface area contributed by atoms with E-state index in [4.69, 9.17) is 18.9 Å². The van der Waals surface area contributed by atoms with Gasteiger partial charge < -0.3 is 18.9 Å². The lowest BCUT2D eigenvalue weighted by Crippen LogP contribution is -2.40. The van der Waals surface area contributed by atoms with Crippen LogP contribution in [0.1, 0.15) is 48.9 Å². The zero-order valence-electron chi connectivity index (χ0n) is 26.0. The molecular weight excluding hydrogens is 576 g/mol. The first-order valence-electron chi connectivity index (χ1n) is 15.8. The highest BCUT2D eigenvalue weighted by atomic mass is 16.6. The number of esters is 2. The van der Waals surface area contributed by atoms with Gasteiger partial charge in [0.05, 0.1) is 11.1 Å². The van der Waals surface area contributed by atoms with Crippen LogP contribution in [0, 0.1) is 11.8 Å². The minimum absolute atomic E-state index is 0.0713. The van der Waals surface area contributed by atoms with E-state index < -0.39 is 35.0 Å². The molecular formula is C40H36O6. The van der Waals surface area contributed by atoms with Crippen LogP contribution in [0.25, 0.3) is 0 Å². The molecule has 2 unspecified atom stereocenters. The van der Waals surface area contributed by atoms with E-state index in [-0.39, 0.29) is 13.2 Å². The maximum Gasteiger partial charge on any atom is 0.338 e. The molecule has 0 saturated carbocycles. The van der Waals surface area contributed by atoms with Crippen LogP contribution >= 0.6 is 0 Å². The normalized spacial score (nSPS) is 22.3. The summed E-state index contributed by atoms with van der Waals surface area (Å²) in [5.74, 6) is -0.703. The average molecular weight is 613 g/mol. The summed E-state index contributed by atoms with van der Waals surface area (Å²) in [5.41, 5.74) is 2.77. The van der Waals surface area contributed by atoms with E-state index in [1.807, 2.05) is 86.6 Å². The Morgan fingerprint density at radius 2 is 0.761 bits per heavy atom. The summed E-state index contributed by atoms with van der Waals surface area (Å²) in [6, 6.07) is 40.2. The summed E-state index contributed by atoms with van der Waals surface area (Å²) >= 11 is 0. The van der Waals surface area contributed by atoms with Crippen molar-refractivity contribution in [1.29, 1.82) is 0 Å². The van der Waals surface area contributed by atoms with Gasteiger partial charge in [-0.05, 0) is 26.7 Å². The number of rotatable bonds is 4. The molecule has 0 radical (unpaired) electrons. The lowest BCUT2D eigenvalue weighted by molar-refractivity contribution is -0.148. The average Bonchev–Trinajstić information content (AvgIpc) is 3.57. The first kappa shape index (κ1) is 29.6. The molecule has 3 aliphatic rings. The van der Waals surface area contributed by atoms with Gasteiger partial charge in [0.25, 0.3) is 0 Å². The molecule has 4 aromatic carbocycles. The molecule has 0 aliphatic carbocycles. The third-order valence-corrected chi connectivity index (χ3v) is 9.61. The standard InChI is InChI=1S/C40H36O6/c1-27-35-33(39(45-27,29-15-7-3-8-16-29)30-17-9-4-10-18-30)23-24-34-36(38(42)44-26-25-43-37(35)41)28(2)46-40(34,31-19-11-5-12-20-31)32-21-13-6-14-22-32/h3-22,33-34H,23-26H2,1-2H3. The van der Waals surface area contributed by atoms with Crippen molar-refractivity contribution >= 4 is 11.9 Å². The molecule has 3 aliphatic heterocycles. The molecule has 1 fully saturated rings. The van der Waals surface area contributed by atoms with Crippen LogP contribution in [0.4, 0.5) is 0 Å². The van der Waals surface area contributed by atoms with Gasteiger partial charge in [0.1, 0.15) is 24.7 Å². The Morgan fingerprint density at radius 3 is 1.04 bits per heavy atom. The maximum absolute atomic E-state index is 13.9. The van der Waals surface area contributed by atoms with E-state index in [1.165, 1.54) is 0 Å². The van der Waals surface area contributed by atoms with Crippen LogP contribution < -0.4 is 0 Å². The van der Waals surface area contributed by atoms with Gasteiger partial charge >= 0.3 is 11.9 Å². The number of allylic oxidation sites excluding steroid dienone is 2. The lowest BCUT2D eigenvalue weighted by atomic mass is 9.67. The van der Waals surface area contributed by atoms with Gasteiger partial charge in [0.2, 0.25) is 0 Å². The fraction of sp³-hybridized carbons (Fsp3) is 0.250. The molecule has 0 bridgehead atoms. The molecule has 46 heavy (non-hydrogen) atoms. The van der Waals surface area contributed by atoms with Crippen molar-refractivity contribution in [3.8, 4) is 0 Å². The van der Waals surface area contributed by atoms with E-state index >= 15 is 0 Å². The monoisotopic (exact) mass is 612 g/mol. The number of hydrogen-bond acceptors (Lipinski definition) is 6. The van der Waals surface area contributed by atoms with Gasteiger partial charge in [-0.2, -0.15) is 0 Å². The van der Waals surface area contributed by atoms with E-state index in [0.29, 0.717) is 35.5 Å². The third-order valence-electron chi connectivity index (χ3n) is 9.61. The predicted octanol–water partition coefficient (Wildman–Crippen LogP) is 7.60. The molecule has 3 heterocycles. The number of hydrogen-bond donors (Lipinski definition) is 0. The molecule has 0 aromatic heterocycles. The van der Waals surface area contributed by atoms with Gasteiger partial charge in [0, 0.05) is 34.1 Å². The highest BCUT2D eigenvalue weighted by Crippen LogP contribution is 2.57. The summed E-state index contributed by atoms with van der Waals surface area (Å²) in [6.07, 6.45) is 0.982. The second-order valence-electron chi connectivity index (χ2n) is 12.0. The third kappa shape index (κ3) is 4.71. The number of cyclic esters (lactones) is 2. The molecule has 6 heteroatoms. The van der Waals surface area contributed by atoms with E-state index in [0.717, 1.165) is 22.3 Å². The molecule has 7 rings (SSSR count). The minimum Gasteiger partial charge on any atom is -0.481 e.